The monoisotopic (exact) mass is 832 g/mol. The first-order valence-corrected chi connectivity index (χ1v) is 24.0. The molecule has 326 valence electrons. The molecule has 2 heterocycles. The van der Waals surface area contributed by atoms with E-state index >= 15 is 4.79 Å². The first kappa shape index (κ1) is 37.4. The molecule has 7 aliphatic rings. The minimum absolute atomic E-state index is 0.0277. The maximum Gasteiger partial charge on any atom is 0.240 e. The van der Waals surface area contributed by atoms with E-state index in [2.05, 4.69) is 23.9 Å². The summed E-state index contributed by atoms with van der Waals surface area (Å²) in [5.74, 6) is -3.36. The van der Waals surface area contributed by atoms with Gasteiger partial charge in [-0.2, -0.15) is 0 Å². The van der Waals surface area contributed by atoms with Crippen molar-refractivity contribution in [3.63, 3.8) is 0 Å². The van der Waals surface area contributed by atoms with Crippen molar-refractivity contribution in [2.75, 3.05) is 13.1 Å². The predicted molar refractivity (Wildman–Crippen MR) is 224 cm³/mol. The van der Waals surface area contributed by atoms with E-state index in [-0.39, 0.29) is 77.8 Å². The highest BCUT2D eigenvalue weighted by Crippen LogP contribution is 2.88. The van der Waals surface area contributed by atoms with Crippen molar-refractivity contribution < 1.29 is 39.2 Å². The van der Waals surface area contributed by atoms with Crippen LogP contribution in [0.25, 0.3) is 0 Å². The van der Waals surface area contributed by atoms with Crippen molar-refractivity contribution in [2.45, 2.75) is 200 Å². The number of Topliss-reactive ketones (excluding diaryl/α,β-unsaturated/α-hetero) is 2. The summed E-state index contributed by atoms with van der Waals surface area (Å²) >= 11 is 0. The minimum atomic E-state index is -4.26. The van der Waals surface area contributed by atoms with Gasteiger partial charge in [-0.05, 0) is 113 Å². The van der Waals surface area contributed by atoms with E-state index in [0.717, 1.165) is 38.5 Å². The Kier molecular flexibility index (Phi) is 10.0. The number of nitrogens with one attached hydrogen (secondary N) is 2. The lowest BCUT2D eigenvalue weighted by atomic mass is 9.73. The van der Waals surface area contributed by atoms with Gasteiger partial charge in [-0.15, -0.1) is 0 Å². The number of piperidine rings is 1. The summed E-state index contributed by atoms with van der Waals surface area (Å²) in [6, 6.07) is -4.70. The zero-order valence-electron chi connectivity index (χ0n) is 41.3. The van der Waals surface area contributed by atoms with Gasteiger partial charge < -0.3 is 10.2 Å². The fourth-order valence-corrected chi connectivity index (χ4v) is 14.0. The summed E-state index contributed by atoms with van der Waals surface area (Å²) in [7, 11) is -4.26. The van der Waals surface area contributed by atoms with Crippen LogP contribution in [0.5, 0.6) is 0 Å². The number of nitrogens with zero attached hydrogens (tertiary/aromatic N) is 2. The molecule has 58 heavy (non-hydrogen) atoms. The number of likely N-dealkylation sites (tertiary alicyclic amines) is 2. The number of rotatable bonds is 15. The summed E-state index contributed by atoms with van der Waals surface area (Å²) in [4.78, 5) is 76.6. The lowest BCUT2D eigenvalue weighted by molar-refractivity contribution is -0.147. The lowest BCUT2D eigenvalue weighted by Crippen LogP contribution is -2.57. The molecule has 2 spiro atoms. The summed E-state index contributed by atoms with van der Waals surface area (Å²) < 4.78 is 69.6. The third kappa shape index (κ3) is 7.42. The van der Waals surface area contributed by atoms with Gasteiger partial charge in [-0.25, -0.2) is 8.42 Å². The number of carbonyl (C=O) groups excluding carboxylic acids is 5. The molecule has 0 aromatic carbocycles. The van der Waals surface area contributed by atoms with Gasteiger partial charge in [0.2, 0.25) is 27.7 Å². The Morgan fingerprint density at radius 3 is 2.14 bits per heavy atom. The lowest BCUT2D eigenvalue weighted by Gasteiger charge is -2.40. The number of ketones is 2. The molecule has 8 atom stereocenters. The van der Waals surface area contributed by atoms with Crippen LogP contribution in [0.1, 0.15) is 178 Å². The van der Waals surface area contributed by atoms with Gasteiger partial charge in [-0.3, -0.25) is 33.6 Å². The smallest absolute Gasteiger partial charge is 0.240 e. The van der Waals surface area contributed by atoms with Gasteiger partial charge in [-0.1, -0.05) is 80.1 Å². The van der Waals surface area contributed by atoms with Crippen molar-refractivity contribution in [2.24, 2.45) is 44.8 Å². The van der Waals surface area contributed by atoms with Crippen molar-refractivity contribution in [3.8, 4) is 0 Å². The molecule has 5 aliphatic carbocycles. The second-order valence-corrected chi connectivity index (χ2v) is 23.0. The largest absolute Gasteiger partial charge is 0.345 e. The van der Waals surface area contributed by atoms with Crippen LogP contribution >= 0.6 is 0 Å². The molecule has 7 fully saturated rings. The average Bonchev–Trinajstić information content (AvgIpc) is 4.12. The van der Waals surface area contributed by atoms with Crippen LogP contribution in [-0.4, -0.2) is 90.0 Å². The first-order valence-electron chi connectivity index (χ1n) is 25.1. The Balaban J connectivity index is 1.16. The Labute approximate surface area is 355 Å². The predicted octanol–water partition coefficient (Wildman–Crippen LogP) is 6.72. The standard InChI is InChI=1S/C46H74N4O7S/c1-9-31-25-44(31,41(55)48-58(56,57)32-19-20-32)27-37(52)35-26-46(43(7,8)45(46)21-15-22-45)28-50(35)40(54)33(42(4,5)6)24-36(51)38(30-16-11-10-12-17-30)47-39(53)34-18-13-14-23-49(34)29(2)3/h29-35,38H,9-28H2,1-8H3,(H,47,53)(H,48,55)/t31-,33-,34+,35+,38+,44-,46-/m1/s1/i2D3,29D,32D/t29?,31-,33-,34+,35+,38+,44-,46-. The van der Waals surface area contributed by atoms with Gasteiger partial charge >= 0.3 is 0 Å². The van der Waals surface area contributed by atoms with Crippen LogP contribution in [0.3, 0.4) is 0 Å². The van der Waals surface area contributed by atoms with Gasteiger partial charge in [0.1, 0.15) is 0 Å². The van der Waals surface area contributed by atoms with Crippen LogP contribution in [0.4, 0.5) is 0 Å². The topological polar surface area (TPSA) is 150 Å². The Hall–Kier alpha value is -2.34. The maximum atomic E-state index is 15.4. The van der Waals surface area contributed by atoms with Crippen molar-refractivity contribution in [3.05, 3.63) is 0 Å². The maximum absolute atomic E-state index is 15.4. The summed E-state index contributed by atoms with van der Waals surface area (Å²) in [6.07, 6.45) is 10.2. The normalized spacial score (nSPS) is 36.1. The van der Waals surface area contributed by atoms with Crippen LogP contribution in [0.2, 0.25) is 0 Å². The van der Waals surface area contributed by atoms with E-state index in [1.807, 2.05) is 27.7 Å². The molecule has 11 nitrogen and oxygen atoms in total. The molecule has 2 N–H and O–H groups in total. The third-order valence-corrected chi connectivity index (χ3v) is 18.6. The highest BCUT2D eigenvalue weighted by Gasteiger charge is 2.85. The number of carbonyl (C=O) groups is 5. The fraction of sp³-hybridized carbons (Fsp3) is 0.891. The Morgan fingerprint density at radius 1 is 0.914 bits per heavy atom. The van der Waals surface area contributed by atoms with E-state index in [1.54, 1.807) is 4.90 Å². The summed E-state index contributed by atoms with van der Waals surface area (Å²) in [5.41, 5.74) is -2.51. The first-order chi connectivity index (χ1) is 29.1. The second-order valence-electron chi connectivity index (χ2n) is 21.2. The number of sulfonamides is 1. The SMILES string of the molecule is [2H]C([2H])([2H])C([2H])(C)N1CCCC[C@H]1C(=O)N[C@H](C(=O)C[C@H](C(=O)N1C[C@]2(C[C@H]1C(=O)C[C@]1(C(=O)NS(=O)(=O)C3([2H])CC3)C[C@H]1CC)C(C)(C)C21CCC1)C(C)(C)C)C1CCCCC1. The van der Waals surface area contributed by atoms with E-state index in [0.29, 0.717) is 57.9 Å². The van der Waals surface area contributed by atoms with Gasteiger partial charge in [0.15, 0.2) is 11.6 Å². The Morgan fingerprint density at radius 2 is 1.59 bits per heavy atom. The second kappa shape index (κ2) is 15.5. The van der Waals surface area contributed by atoms with Crippen LogP contribution in [-0.2, 0) is 34.0 Å². The number of amides is 3. The van der Waals surface area contributed by atoms with E-state index in [1.165, 1.54) is 11.8 Å². The van der Waals surface area contributed by atoms with E-state index < -0.39 is 74.8 Å². The zero-order valence-corrected chi connectivity index (χ0v) is 37.1. The molecule has 0 aromatic rings. The number of fused-ring (bicyclic) bond motifs is 1. The fourth-order valence-electron chi connectivity index (χ4n) is 12.7. The molecule has 5 saturated carbocycles. The van der Waals surface area contributed by atoms with E-state index in [9.17, 15) is 27.6 Å². The van der Waals surface area contributed by atoms with Gasteiger partial charge in [0.25, 0.3) is 0 Å². The molecule has 2 aliphatic heterocycles. The van der Waals surface area contributed by atoms with Crippen LogP contribution < -0.4 is 10.0 Å². The highest BCUT2D eigenvalue weighted by molar-refractivity contribution is 7.90. The van der Waals surface area contributed by atoms with E-state index in [4.69, 9.17) is 6.85 Å². The molecule has 7 rings (SSSR count). The minimum Gasteiger partial charge on any atom is -0.345 e. The van der Waals surface area contributed by atoms with Crippen molar-refractivity contribution in [1.29, 1.82) is 0 Å². The Bertz CT molecular complexity index is 1970. The van der Waals surface area contributed by atoms with Crippen molar-refractivity contribution >= 4 is 39.3 Å². The molecule has 12 heteroatoms. The number of hydrogen-bond acceptors (Lipinski definition) is 8. The molecule has 3 amide bonds. The highest BCUT2D eigenvalue weighted by atomic mass is 32.2. The summed E-state index contributed by atoms with van der Waals surface area (Å²) in [6.45, 7) is 11.3. The van der Waals surface area contributed by atoms with Crippen LogP contribution in [0, 0.1) is 44.8 Å². The number of hydrogen-bond donors (Lipinski definition) is 2. The molecule has 0 bridgehead atoms. The molecular formula is C46H74N4O7S. The molecule has 1 unspecified atom stereocenters. The quantitative estimate of drug-likeness (QED) is 0.185. The summed E-state index contributed by atoms with van der Waals surface area (Å²) in [5, 5.41) is 1.34. The molecular weight excluding hydrogens is 753 g/mol. The van der Waals surface area contributed by atoms with Crippen LogP contribution in [0.15, 0.2) is 0 Å². The third-order valence-electron chi connectivity index (χ3n) is 16.9. The van der Waals surface area contributed by atoms with Crippen molar-refractivity contribution in [1.82, 2.24) is 19.8 Å². The zero-order chi connectivity index (χ0) is 46.6. The molecule has 0 aromatic heterocycles. The molecule has 2 saturated heterocycles. The van der Waals surface area contributed by atoms with Gasteiger partial charge in [0.05, 0.1) is 28.8 Å². The molecule has 0 radical (unpaired) electrons. The van der Waals surface area contributed by atoms with Gasteiger partial charge in [0, 0.05) is 43.6 Å². The average molecular weight is 832 g/mol.